The Balaban J connectivity index is 2.53. The summed E-state index contributed by atoms with van der Waals surface area (Å²) < 4.78 is 0.891. The highest BCUT2D eigenvalue weighted by molar-refractivity contribution is 9.10. The molecule has 0 amide bonds. The van der Waals surface area contributed by atoms with Gasteiger partial charge in [0.05, 0.1) is 10.7 Å². The van der Waals surface area contributed by atoms with Crippen molar-refractivity contribution in [3.8, 4) is 11.3 Å². The van der Waals surface area contributed by atoms with Crippen LogP contribution < -0.4 is 0 Å². The quantitative estimate of drug-likeness (QED) is 0.756. The molecule has 0 spiro atoms. The maximum absolute atomic E-state index is 6.07. The molecule has 0 aliphatic carbocycles. The molecule has 0 fully saturated rings. The first-order valence-electron chi connectivity index (χ1n) is 4.14. The highest BCUT2D eigenvalue weighted by atomic mass is 79.9. The van der Waals surface area contributed by atoms with Gasteiger partial charge in [-0.15, -0.1) is 0 Å². The number of pyridine rings is 1. The lowest BCUT2D eigenvalue weighted by Crippen LogP contribution is -1.84. The molecular weight excluding hydrogens is 261 g/mol. The van der Waals surface area contributed by atoms with Crippen molar-refractivity contribution in [2.75, 3.05) is 0 Å². The van der Waals surface area contributed by atoms with Crippen LogP contribution in [0, 0.1) is 0 Å². The fourth-order valence-electron chi connectivity index (χ4n) is 1.22. The summed E-state index contributed by atoms with van der Waals surface area (Å²) in [6.07, 6.45) is 1.74. The molecule has 0 bridgehead atoms. The van der Waals surface area contributed by atoms with Crippen LogP contribution in [0.2, 0.25) is 5.02 Å². The van der Waals surface area contributed by atoms with Crippen molar-refractivity contribution >= 4 is 27.5 Å². The summed E-state index contributed by atoms with van der Waals surface area (Å²) in [6.45, 7) is 0. The number of halogens is 2. The van der Waals surface area contributed by atoms with Gasteiger partial charge in [-0.05, 0) is 22.0 Å². The van der Waals surface area contributed by atoms with Gasteiger partial charge in [0.25, 0.3) is 0 Å². The summed E-state index contributed by atoms with van der Waals surface area (Å²) >= 11 is 9.39. The summed E-state index contributed by atoms with van der Waals surface area (Å²) in [4.78, 5) is 4.27. The fraction of sp³-hybridized carbons (Fsp3) is 0. The average molecular weight is 269 g/mol. The van der Waals surface area contributed by atoms with Gasteiger partial charge in [0.2, 0.25) is 0 Å². The first-order valence-corrected chi connectivity index (χ1v) is 5.31. The number of nitrogens with zero attached hydrogens (tertiary/aromatic N) is 1. The third-order valence-corrected chi connectivity index (χ3v) is 2.58. The summed E-state index contributed by atoms with van der Waals surface area (Å²) in [5.41, 5.74) is 1.85. The van der Waals surface area contributed by atoms with Gasteiger partial charge in [0.15, 0.2) is 0 Å². The van der Waals surface area contributed by atoms with Crippen LogP contribution in [0.4, 0.5) is 0 Å². The van der Waals surface area contributed by atoms with E-state index < -0.39 is 0 Å². The number of benzene rings is 1. The molecule has 70 valence electrons. The minimum atomic E-state index is 0.658. The molecule has 3 heteroatoms. The Morgan fingerprint density at radius 2 is 1.86 bits per heavy atom. The fourth-order valence-corrected chi connectivity index (χ4v) is 1.96. The standard InChI is InChI=1S/C11H7BrClN/c12-9-6-10(13)11(14-7-9)8-4-2-1-3-5-8/h1-7H. The summed E-state index contributed by atoms with van der Waals surface area (Å²) in [5.74, 6) is 0. The second kappa shape index (κ2) is 4.11. The highest BCUT2D eigenvalue weighted by Gasteiger charge is 2.04. The van der Waals surface area contributed by atoms with Gasteiger partial charge in [-0.1, -0.05) is 41.9 Å². The van der Waals surface area contributed by atoms with E-state index in [9.17, 15) is 0 Å². The molecule has 14 heavy (non-hydrogen) atoms. The van der Waals surface area contributed by atoms with E-state index in [1.54, 1.807) is 6.20 Å². The third-order valence-electron chi connectivity index (χ3n) is 1.86. The molecule has 2 rings (SSSR count). The molecule has 0 aliphatic heterocycles. The number of hydrogen-bond acceptors (Lipinski definition) is 1. The predicted octanol–water partition coefficient (Wildman–Crippen LogP) is 4.16. The molecule has 0 saturated heterocycles. The molecule has 1 nitrogen and oxygen atoms in total. The molecule has 0 radical (unpaired) electrons. The van der Waals surface area contributed by atoms with Gasteiger partial charge >= 0.3 is 0 Å². The van der Waals surface area contributed by atoms with E-state index in [1.807, 2.05) is 36.4 Å². The summed E-state index contributed by atoms with van der Waals surface area (Å²) in [7, 11) is 0. The molecule has 2 aromatic rings. The Morgan fingerprint density at radius 1 is 1.14 bits per heavy atom. The largest absolute Gasteiger partial charge is 0.254 e. The second-order valence-corrected chi connectivity index (χ2v) is 4.17. The molecule has 0 aliphatic rings. The van der Waals surface area contributed by atoms with E-state index in [-0.39, 0.29) is 0 Å². The van der Waals surface area contributed by atoms with Crippen molar-refractivity contribution < 1.29 is 0 Å². The van der Waals surface area contributed by atoms with Crippen LogP contribution in [0.1, 0.15) is 0 Å². The van der Waals surface area contributed by atoms with Gasteiger partial charge in [-0.25, -0.2) is 0 Å². The normalized spacial score (nSPS) is 10.1. The topological polar surface area (TPSA) is 12.9 Å². The molecule has 1 aromatic heterocycles. The van der Waals surface area contributed by atoms with Crippen molar-refractivity contribution in [3.63, 3.8) is 0 Å². The average Bonchev–Trinajstić information content (AvgIpc) is 2.19. The molecular formula is C11H7BrClN. The summed E-state index contributed by atoms with van der Waals surface area (Å²) in [6, 6.07) is 11.7. The predicted molar refractivity (Wildman–Crippen MR) is 62.4 cm³/mol. The monoisotopic (exact) mass is 267 g/mol. The van der Waals surface area contributed by atoms with Crippen LogP contribution in [0.25, 0.3) is 11.3 Å². The Labute approximate surface area is 95.9 Å². The number of rotatable bonds is 1. The van der Waals surface area contributed by atoms with Crippen molar-refractivity contribution in [1.29, 1.82) is 0 Å². The van der Waals surface area contributed by atoms with Crippen LogP contribution >= 0.6 is 27.5 Å². The molecule has 0 atom stereocenters. The maximum atomic E-state index is 6.07. The molecule has 0 saturated carbocycles. The van der Waals surface area contributed by atoms with Crippen molar-refractivity contribution in [2.24, 2.45) is 0 Å². The van der Waals surface area contributed by atoms with Gasteiger partial charge in [0, 0.05) is 16.2 Å². The van der Waals surface area contributed by atoms with Crippen LogP contribution in [0.5, 0.6) is 0 Å². The minimum absolute atomic E-state index is 0.658. The Morgan fingerprint density at radius 3 is 2.50 bits per heavy atom. The second-order valence-electron chi connectivity index (χ2n) is 2.85. The van der Waals surface area contributed by atoms with E-state index in [1.165, 1.54) is 0 Å². The van der Waals surface area contributed by atoms with E-state index in [4.69, 9.17) is 11.6 Å². The van der Waals surface area contributed by atoms with Crippen molar-refractivity contribution in [2.45, 2.75) is 0 Å². The lowest BCUT2D eigenvalue weighted by atomic mass is 10.1. The Bertz CT molecular complexity index is 442. The van der Waals surface area contributed by atoms with Crippen LogP contribution in [-0.4, -0.2) is 4.98 Å². The van der Waals surface area contributed by atoms with Crippen molar-refractivity contribution in [1.82, 2.24) is 4.98 Å². The first kappa shape index (κ1) is 9.69. The lowest BCUT2D eigenvalue weighted by molar-refractivity contribution is 1.31. The molecule has 0 N–H and O–H groups in total. The zero-order valence-electron chi connectivity index (χ0n) is 7.24. The van der Waals surface area contributed by atoms with Crippen LogP contribution in [-0.2, 0) is 0 Å². The van der Waals surface area contributed by atoms with Crippen LogP contribution in [0.15, 0.2) is 47.1 Å². The number of hydrogen-bond donors (Lipinski definition) is 0. The van der Waals surface area contributed by atoms with E-state index >= 15 is 0 Å². The zero-order chi connectivity index (χ0) is 9.97. The summed E-state index contributed by atoms with van der Waals surface area (Å²) in [5, 5.41) is 0.658. The molecule has 1 aromatic carbocycles. The maximum Gasteiger partial charge on any atom is 0.0888 e. The number of aromatic nitrogens is 1. The third kappa shape index (κ3) is 1.97. The van der Waals surface area contributed by atoms with Crippen molar-refractivity contribution in [3.05, 3.63) is 52.1 Å². The molecule has 0 unspecified atom stereocenters. The highest BCUT2D eigenvalue weighted by Crippen LogP contribution is 2.27. The van der Waals surface area contributed by atoms with Gasteiger partial charge < -0.3 is 0 Å². The smallest absolute Gasteiger partial charge is 0.0888 e. The Kier molecular flexibility index (Phi) is 2.85. The van der Waals surface area contributed by atoms with Gasteiger partial charge in [0.1, 0.15) is 0 Å². The minimum Gasteiger partial charge on any atom is -0.254 e. The van der Waals surface area contributed by atoms with E-state index in [2.05, 4.69) is 20.9 Å². The van der Waals surface area contributed by atoms with E-state index in [0.717, 1.165) is 15.7 Å². The zero-order valence-corrected chi connectivity index (χ0v) is 9.59. The van der Waals surface area contributed by atoms with Crippen LogP contribution in [0.3, 0.4) is 0 Å². The lowest BCUT2D eigenvalue weighted by Gasteiger charge is -2.02. The SMILES string of the molecule is Clc1cc(Br)cnc1-c1ccccc1. The van der Waals surface area contributed by atoms with Gasteiger partial charge in [-0.3, -0.25) is 4.98 Å². The van der Waals surface area contributed by atoms with E-state index in [0.29, 0.717) is 5.02 Å². The molecule has 1 heterocycles. The first-order chi connectivity index (χ1) is 6.77. The van der Waals surface area contributed by atoms with Gasteiger partial charge in [-0.2, -0.15) is 0 Å². The Hall–Kier alpha value is -0.860.